The van der Waals surface area contributed by atoms with Crippen molar-refractivity contribution in [2.75, 3.05) is 0 Å². The Hall–Kier alpha value is -1.39. The standard InChI is InChI=1S/C16H17BrN2O/c1-11-8-12(17)2-5-16(11)20-15-6-7-18-14(9-15)10-19-13-3-4-13/h2,5-9,13,19H,3-4,10H2,1H3. The highest BCUT2D eigenvalue weighted by Gasteiger charge is 2.20. The van der Waals surface area contributed by atoms with E-state index < -0.39 is 0 Å². The van der Waals surface area contributed by atoms with Gasteiger partial charge in [0, 0.05) is 29.3 Å². The summed E-state index contributed by atoms with van der Waals surface area (Å²) in [5.41, 5.74) is 2.12. The lowest BCUT2D eigenvalue weighted by Gasteiger charge is -2.10. The lowest BCUT2D eigenvalue weighted by atomic mass is 10.2. The van der Waals surface area contributed by atoms with Crippen molar-refractivity contribution in [1.29, 1.82) is 0 Å². The molecule has 20 heavy (non-hydrogen) atoms. The van der Waals surface area contributed by atoms with Gasteiger partial charge in [-0.3, -0.25) is 4.98 Å². The Morgan fingerprint density at radius 3 is 2.90 bits per heavy atom. The van der Waals surface area contributed by atoms with Gasteiger partial charge in [0.15, 0.2) is 0 Å². The lowest BCUT2D eigenvalue weighted by Crippen LogP contribution is -2.16. The van der Waals surface area contributed by atoms with Crippen LogP contribution in [-0.4, -0.2) is 11.0 Å². The molecule has 3 rings (SSSR count). The van der Waals surface area contributed by atoms with Crippen molar-refractivity contribution in [3.8, 4) is 11.5 Å². The third kappa shape index (κ3) is 3.58. The highest BCUT2D eigenvalue weighted by atomic mass is 79.9. The fourth-order valence-corrected chi connectivity index (χ4v) is 2.48. The molecule has 3 nitrogen and oxygen atoms in total. The second kappa shape index (κ2) is 5.94. The number of halogens is 1. The zero-order valence-electron chi connectivity index (χ0n) is 11.4. The van der Waals surface area contributed by atoms with Crippen LogP contribution >= 0.6 is 15.9 Å². The average Bonchev–Trinajstić information content (AvgIpc) is 3.24. The van der Waals surface area contributed by atoms with Crippen LogP contribution in [0, 0.1) is 6.92 Å². The summed E-state index contributed by atoms with van der Waals surface area (Å²) in [6, 6.07) is 10.6. The van der Waals surface area contributed by atoms with Gasteiger partial charge in [-0.15, -0.1) is 0 Å². The van der Waals surface area contributed by atoms with Crippen LogP contribution in [0.15, 0.2) is 41.0 Å². The molecule has 0 unspecified atom stereocenters. The van der Waals surface area contributed by atoms with Crippen molar-refractivity contribution in [3.05, 3.63) is 52.3 Å². The first-order valence-corrected chi connectivity index (χ1v) is 7.62. The zero-order chi connectivity index (χ0) is 13.9. The van der Waals surface area contributed by atoms with E-state index in [4.69, 9.17) is 4.74 Å². The molecular formula is C16H17BrN2O. The van der Waals surface area contributed by atoms with Crippen LogP contribution < -0.4 is 10.1 Å². The largest absolute Gasteiger partial charge is 0.457 e. The summed E-state index contributed by atoms with van der Waals surface area (Å²) >= 11 is 3.46. The topological polar surface area (TPSA) is 34.1 Å². The van der Waals surface area contributed by atoms with E-state index in [1.807, 2.05) is 37.3 Å². The number of nitrogens with one attached hydrogen (secondary N) is 1. The third-order valence-electron chi connectivity index (χ3n) is 3.30. The van der Waals surface area contributed by atoms with Gasteiger partial charge in [-0.05, 0) is 49.6 Å². The van der Waals surface area contributed by atoms with E-state index in [0.717, 1.165) is 33.8 Å². The molecule has 2 aromatic rings. The van der Waals surface area contributed by atoms with Crippen molar-refractivity contribution in [2.24, 2.45) is 0 Å². The number of hydrogen-bond donors (Lipinski definition) is 1. The van der Waals surface area contributed by atoms with Crippen LogP contribution in [0.2, 0.25) is 0 Å². The summed E-state index contributed by atoms with van der Waals surface area (Å²) in [4.78, 5) is 4.37. The molecule has 0 aliphatic heterocycles. The lowest BCUT2D eigenvalue weighted by molar-refractivity contribution is 0.476. The van der Waals surface area contributed by atoms with Crippen LogP contribution in [0.1, 0.15) is 24.1 Å². The Labute approximate surface area is 127 Å². The number of ether oxygens (including phenoxy) is 1. The molecule has 104 valence electrons. The van der Waals surface area contributed by atoms with Gasteiger partial charge >= 0.3 is 0 Å². The maximum Gasteiger partial charge on any atom is 0.130 e. The highest BCUT2D eigenvalue weighted by molar-refractivity contribution is 9.10. The number of hydrogen-bond acceptors (Lipinski definition) is 3. The van der Waals surface area contributed by atoms with Gasteiger partial charge in [0.1, 0.15) is 11.5 Å². The maximum atomic E-state index is 5.94. The van der Waals surface area contributed by atoms with Crippen LogP contribution in [0.25, 0.3) is 0 Å². The molecule has 4 heteroatoms. The second-order valence-electron chi connectivity index (χ2n) is 5.15. The molecule has 0 radical (unpaired) electrons. The highest BCUT2D eigenvalue weighted by Crippen LogP contribution is 2.27. The minimum absolute atomic E-state index is 0.690. The Bertz CT molecular complexity index is 611. The molecule has 0 amide bonds. The third-order valence-corrected chi connectivity index (χ3v) is 3.80. The molecule has 0 saturated heterocycles. The summed E-state index contributed by atoms with van der Waals surface area (Å²) in [6.45, 7) is 2.85. The zero-order valence-corrected chi connectivity index (χ0v) is 13.0. The fourth-order valence-electron chi connectivity index (χ4n) is 2.01. The van der Waals surface area contributed by atoms with Crippen molar-refractivity contribution in [1.82, 2.24) is 10.3 Å². The summed E-state index contributed by atoms with van der Waals surface area (Å²) in [5.74, 6) is 1.71. The summed E-state index contributed by atoms with van der Waals surface area (Å²) in [5, 5.41) is 3.46. The molecule has 1 aliphatic carbocycles. The SMILES string of the molecule is Cc1cc(Br)ccc1Oc1ccnc(CNC2CC2)c1. The summed E-state index contributed by atoms with van der Waals surface area (Å²) in [6.07, 6.45) is 4.37. The first-order chi connectivity index (χ1) is 9.70. The predicted molar refractivity (Wildman–Crippen MR) is 83.1 cm³/mol. The normalized spacial score (nSPS) is 14.3. The molecule has 0 bridgehead atoms. The number of nitrogens with zero attached hydrogens (tertiary/aromatic N) is 1. The number of aryl methyl sites for hydroxylation is 1. The van der Waals surface area contributed by atoms with Gasteiger partial charge in [0.05, 0.1) is 5.69 Å². The number of rotatable bonds is 5. The number of pyridine rings is 1. The van der Waals surface area contributed by atoms with Crippen LogP contribution in [0.5, 0.6) is 11.5 Å². The van der Waals surface area contributed by atoms with E-state index in [0.29, 0.717) is 6.04 Å². The molecule has 0 atom stereocenters. The van der Waals surface area contributed by atoms with E-state index in [1.165, 1.54) is 12.8 Å². The van der Waals surface area contributed by atoms with E-state index in [-0.39, 0.29) is 0 Å². The summed E-state index contributed by atoms with van der Waals surface area (Å²) in [7, 11) is 0. The second-order valence-corrected chi connectivity index (χ2v) is 6.07. The van der Waals surface area contributed by atoms with E-state index in [9.17, 15) is 0 Å². The molecule has 1 fully saturated rings. The molecule has 1 aliphatic rings. The Morgan fingerprint density at radius 1 is 1.30 bits per heavy atom. The maximum absolute atomic E-state index is 5.94. The smallest absolute Gasteiger partial charge is 0.130 e. The number of benzene rings is 1. The molecular weight excluding hydrogens is 316 g/mol. The molecule has 1 aromatic heterocycles. The van der Waals surface area contributed by atoms with Gasteiger partial charge in [-0.2, -0.15) is 0 Å². The van der Waals surface area contributed by atoms with Crippen LogP contribution in [0.3, 0.4) is 0 Å². The van der Waals surface area contributed by atoms with Gasteiger partial charge in [0.25, 0.3) is 0 Å². The van der Waals surface area contributed by atoms with Gasteiger partial charge in [-0.25, -0.2) is 0 Å². The van der Waals surface area contributed by atoms with Crippen LogP contribution in [-0.2, 0) is 6.54 Å². The monoisotopic (exact) mass is 332 g/mol. The van der Waals surface area contributed by atoms with Gasteiger partial charge < -0.3 is 10.1 Å². The van der Waals surface area contributed by atoms with E-state index in [2.05, 4.69) is 26.2 Å². The van der Waals surface area contributed by atoms with E-state index >= 15 is 0 Å². The minimum atomic E-state index is 0.690. The Balaban J connectivity index is 1.70. The van der Waals surface area contributed by atoms with E-state index in [1.54, 1.807) is 6.20 Å². The van der Waals surface area contributed by atoms with Crippen molar-refractivity contribution >= 4 is 15.9 Å². The molecule has 1 heterocycles. The average molecular weight is 333 g/mol. The minimum Gasteiger partial charge on any atom is -0.457 e. The Kier molecular flexibility index (Phi) is 4.03. The van der Waals surface area contributed by atoms with Gasteiger partial charge in [-0.1, -0.05) is 15.9 Å². The fraction of sp³-hybridized carbons (Fsp3) is 0.312. The predicted octanol–water partition coefficient (Wildman–Crippen LogP) is 4.20. The van der Waals surface area contributed by atoms with Crippen molar-refractivity contribution in [3.63, 3.8) is 0 Å². The molecule has 1 aromatic carbocycles. The number of aromatic nitrogens is 1. The Morgan fingerprint density at radius 2 is 2.15 bits per heavy atom. The van der Waals surface area contributed by atoms with Crippen molar-refractivity contribution < 1.29 is 4.74 Å². The molecule has 0 spiro atoms. The molecule has 1 saturated carbocycles. The van der Waals surface area contributed by atoms with Crippen molar-refractivity contribution in [2.45, 2.75) is 32.4 Å². The quantitative estimate of drug-likeness (QED) is 0.891. The molecule has 1 N–H and O–H groups in total. The van der Waals surface area contributed by atoms with Crippen LogP contribution in [0.4, 0.5) is 0 Å². The van der Waals surface area contributed by atoms with Gasteiger partial charge in [0.2, 0.25) is 0 Å². The summed E-state index contributed by atoms with van der Waals surface area (Å²) < 4.78 is 7.00. The first kappa shape index (κ1) is 13.6. The first-order valence-electron chi connectivity index (χ1n) is 6.83.